The summed E-state index contributed by atoms with van der Waals surface area (Å²) in [5.74, 6) is 0.229. The summed E-state index contributed by atoms with van der Waals surface area (Å²) in [6, 6.07) is 4.85. The average molecular weight is 435 g/mol. The first-order chi connectivity index (χ1) is 15.0. The van der Waals surface area contributed by atoms with E-state index in [4.69, 9.17) is 9.47 Å². The highest BCUT2D eigenvalue weighted by Crippen LogP contribution is 2.29. The van der Waals surface area contributed by atoms with Gasteiger partial charge in [0, 0.05) is 12.2 Å². The van der Waals surface area contributed by atoms with Gasteiger partial charge < -0.3 is 30.1 Å². The van der Waals surface area contributed by atoms with E-state index in [0.717, 1.165) is 6.54 Å². The number of carbonyl (C=O) groups is 2. The van der Waals surface area contributed by atoms with Crippen molar-refractivity contribution in [2.75, 3.05) is 31.6 Å². The zero-order chi connectivity index (χ0) is 21.8. The fraction of sp³-hybridized carbons (Fsp3) is 0.636. The molecule has 1 saturated carbocycles. The van der Waals surface area contributed by atoms with Gasteiger partial charge in [-0.2, -0.15) is 0 Å². The number of aliphatic hydroxyl groups excluding tert-OH is 1. The van der Waals surface area contributed by atoms with E-state index in [9.17, 15) is 19.1 Å². The molecule has 4 atom stereocenters. The van der Waals surface area contributed by atoms with Crippen LogP contribution in [0.4, 0.5) is 14.9 Å². The van der Waals surface area contributed by atoms with Gasteiger partial charge in [-0.3, -0.25) is 4.79 Å². The van der Waals surface area contributed by atoms with Crippen molar-refractivity contribution >= 4 is 17.6 Å². The first-order valence-electron chi connectivity index (χ1n) is 11.0. The van der Waals surface area contributed by atoms with Gasteiger partial charge in [-0.25, -0.2) is 9.18 Å². The Morgan fingerprint density at radius 3 is 2.65 bits per heavy atom. The topological polar surface area (TPSA) is 100 Å². The molecule has 31 heavy (non-hydrogen) atoms. The van der Waals surface area contributed by atoms with Crippen LogP contribution >= 0.6 is 0 Å². The molecule has 0 spiro atoms. The number of benzene rings is 1. The van der Waals surface area contributed by atoms with Crippen molar-refractivity contribution in [3.8, 4) is 0 Å². The molecule has 0 aromatic heterocycles. The van der Waals surface area contributed by atoms with Gasteiger partial charge in [-0.1, -0.05) is 0 Å². The van der Waals surface area contributed by atoms with Crippen LogP contribution in [-0.4, -0.2) is 72.6 Å². The van der Waals surface area contributed by atoms with Crippen LogP contribution in [0.1, 0.15) is 32.1 Å². The predicted octanol–water partition coefficient (Wildman–Crippen LogP) is 1.88. The maximum Gasteiger partial charge on any atom is 0.322 e. The molecule has 1 aliphatic carbocycles. The van der Waals surface area contributed by atoms with E-state index in [1.165, 1.54) is 37.1 Å². The highest BCUT2D eigenvalue weighted by molar-refractivity contribution is 5.89. The molecule has 170 valence electrons. The number of aliphatic hydroxyl groups is 1. The SMILES string of the molecule is O=C(C[C@H]1CC[C@H]2[C@@H](COC[C@H](O)CN2C(=O)Nc2ccc(F)cc2)O1)NCC1CC1. The van der Waals surface area contributed by atoms with E-state index in [1.807, 2.05) is 0 Å². The number of fused-ring (bicyclic) bond motifs is 1. The molecule has 2 saturated heterocycles. The average Bonchev–Trinajstić information content (AvgIpc) is 3.56. The van der Waals surface area contributed by atoms with Crippen LogP contribution in [0.5, 0.6) is 0 Å². The molecule has 9 heteroatoms. The lowest BCUT2D eigenvalue weighted by atomic mass is 9.95. The van der Waals surface area contributed by atoms with Gasteiger partial charge in [0.25, 0.3) is 0 Å². The highest BCUT2D eigenvalue weighted by Gasteiger charge is 2.40. The summed E-state index contributed by atoms with van der Waals surface area (Å²) in [5, 5.41) is 15.9. The van der Waals surface area contributed by atoms with Gasteiger partial charge in [-0.15, -0.1) is 0 Å². The number of halogens is 1. The van der Waals surface area contributed by atoms with E-state index in [-0.39, 0.29) is 55.8 Å². The van der Waals surface area contributed by atoms with Crippen LogP contribution in [0.2, 0.25) is 0 Å². The van der Waals surface area contributed by atoms with E-state index >= 15 is 0 Å². The zero-order valence-corrected chi connectivity index (χ0v) is 17.5. The minimum absolute atomic E-state index is 0.0107. The maximum atomic E-state index is 13.2. The monoisotopic (exact) mass is 435 g/mol. The third-order valence-corrected chi connectivity index (χ3v) is 6.04. The van der Waals surface area contributed by atoms with E-state index in [2.05, 4.69) is 10.6 Å². The first-order valence-corrected chi connectivity index (χ1v) is 11.0. The Labute approximate surface area is 181 Å². The van der Waals surface area contributed by atoms with E-state index < -0.39 is 6.10 Å². The van der Waals surface area contributed by atoms with E-state index in [0.29, 0.717) is 30.9 Å². The fourth-order valence-electron chi connectivity index (χ4n) is 4.16. The van der Waals surface area contributed by atoms with Crippen molar-refractivity contribution in [3.05, 3.63) is 30.1 Å². The Hall–Kier alpha value is -2.23. The molecule has 3 N–H and O–H groups in total. The third kappa shape index (κ3) is 6.15. The number of hydrogen-bond donors (Lipinski definition) is 3. The molecule has 0 radical (unpaired) electrons. The Bertz CT molecular complexity index is 773. The predicted molar refractivity (Wildman–Crippen MR) is 111 cm³/mol. The lowest BCUT2D eigenvalue weighted by molar-refractivity contribution is -0.149. The summed E-state index contributed by atoms with van der Waals surface area (Å²) < 4.78 is 24.9. The third-order valence-electron chi connectivity index (χ3n) is 6.04. The summed E-state index contributed by atoms with van der Waals surface area (Å²) in [7, 11) is 0. The largest absolute Gasteiger partial charge is 0.389 e. The molecule has 1 aromatic rings. The molecule has 2 aliphatic heterocycles. The molecule has 8 nitrogen and oxygen atoms in total. The smallest absolute Gasteiger partial charge is 0.322 e. The van der Waals surface area contributed by atoms with Gasteiger partial charge in [0.05, 0.1) is 44.4 Å². The Balaban J connectivity index is 1.38. The Morgan fingerprint density at radius 2 is 1.90 bits per heavy atom. The standard InChI is InChI=1S/C22H30FN3O5/c23-15-3-5-16(6-4-15)25-22(29)26-11-17(27)12-30-13-20-19(26)8-7-18(31-20)9-21(28)24-10-14-1-2-14/h3-6,14,17-20,27H,1-2,7-13H2,(H,24,28)(H,25,29)/t17-,18-,19+,20-/m1/s1. The summed E-state index contributed by atoms with van der Waals surface area (Å²) in [4.78, 5) is 26.8. The molecule has 3 amide bonds. The van der Waals surface area contributed by atoms with E-state index in [1.54, 1.807) is 4.90 Å². The van der Waals surface area contributed by atoms with Gasteiger partial charge in [-0.05, 0) is 55.9 Å². The molecule has 3 fully saturated rings. The summed E-state index contributed by atoms with van der Waals surface area (Å²) in [6.45, 7) is 1.17. The van der Waals surface area contributed by atoms with Crippen LogP contribution in [0.3, 0.4) is 0 Å². The number of anilines is 1. The van der Waals surface area contributed by atoms with Gasteiger partial charge >= 0.3 is 6.03 Å². The number of carbonyl (C=O) groups excluding carboxylic acids is 2. The van der Waals surface area contributed by atoms with Gasteiger partial charge in [0.1, 0.15) is 11.9 Å². The van der Waals surface area contributed by atoms with Gasteiger partial charge in [0.2, 0.25) is 5.91 Å². The zero-order valence-electron chi connectivity index (χ0n) is 17.5. The summed E-state index contributed by atoms with van der Waals surface area (Å²) in [5.41, 5.74) is 0.470. The lowest BCUT2D eigenvalue weighted by Crippen LogP contribution is -2.58. The number of nitrogens with zero attached hydrogens (tertiary/aromatic N) is 1. The minimum atomic E-state index is -0.814. The van der Waals surface area contributed by atoms with Crippen LogP contribution in [0.15, 0.2) is 24.3 Å². The Kier molecular flexibility index (Phi) is 7.04. The number of nitrogens with one attached hydrogen (secondary N) is 2. The second-order valence-electron chi connectivity index (χ2n) is 8.67. The van der Waals surface area contributed by atoms with Crippen molar-refractivity contribution in [2.45, 2.75) is 56.5 Å². The van der Waals surface area contributed by atoms with Crippen molar-refractivity contribution in [1.82, 2.24) is 10.2 Å². The normalized spacial score (nSPS) is 28.8. The summed E-state index contributed by atoms with van der Waals surface area (Å²) >= 11 is 0. The number of urea groups is 1. The molecular formula is C22H30FN3O5. The van der Waals surface area contributed by atoms with Crippen molar-refractivity contribution in [3.63, 3.8) is 0 Å². The quantitative estimate of drug-likeness (QED) is 0.656. The van der Waals surface area contributed by atoms with Crippen molar-refractivity contribution < 1.29 is 28.6 Å². The minimum Gasteiger partial charge on any atom is -0.389 e. The molecule has 2 heterocycles. The van der Waals surface area contributed by atoms with Crippen LogP contribution < -0.4 is 10.6 Å². The maximum absolute atomic E-state index is 13.2. The van der Waals surface area contributed by atoms with Gasteiger partial charge in [0.15, 0.2) is 0 Å². The van der Waals surface area contributed by atoms with Crippen LogP contribution in [0.25, 0.3) is 0 Å². The highest BCUT2D eigenvalue weighted by atomic mass is 19.1. The van der Waals surface area contributed by atoms with Crippen molar-refractivity contribution in [1.29, 1.82) is 0 Å². The second kappa shape index (κ2) is 9.93. The molecular weight excluding hydrogens is 405 g/mol. The van der Waals surface area contributed by atoms with Crippen LogP contribution in [0, 0.1) is 11.7 Å². The van der Waals surface area contributed by atoms with Crippen molar-refractivity contribution in [2.24, 2.45) is 5.92 Å². The second-order valence-corrected chi connectivity index (χ2v) is 8.67. The number of rotatable bonds is 5. The molecule has 0 unspecified atom stereocenters. The number of amides is 3. The molecule has 4 rings (SSSR count). The van der Waals surface area contributed by atoms with Crippen LogP contribution in [-0.2, 0) is 14.3 Å². The molecule has 3 aliphatic rings. The summed E-state index contributed by atoms with van der Waals surface area (Å²) in [6.07, 6.45) is 2.50. The molecule has 1 aromatic carbocycles. The molecule has 0 bridgehead atoms. The number of β-amino-alcohol motifs (C(OH)–C–C–N with tert-alkyl or cyclic N) is 1. The fourth-order valence-corrected chi connectivity index (χ4v) is 4.16. The number of ether oxygens (including phenoxy) is 2. The number of hydrogen-bond acceptors (Lipinski definition) is 5. The first kappa shape index (κ1) is 22.0. The Morgan fingerprint density at radius 1 is 1.13 bits per heavy atom. The lowest BCUT2D eigenvalue weighted by Gasteiger charge is -2.44.